The molecule has 0 atom stereocenters. The van der Waals surface area contributed by atoms with Crippen molar-refractivity contribution < 1.29 is 17.6 Å². The number of hydrogen-bond donors (Lipinski definition) is 0. The highest BCUT2D eigenvalue weighted by molar-refractivity contribution is 7.99. The standard InChI is InChI=1S/C15H6ClF4NS/c16-9-10(17)12(19)15(13(20)11(9)18)22-8-5-1-3-7-4-2-6-21-14(7)8/h1-6H. The SMILES string of the molecule is Fc1c(F)c(Sc2cccc3cccnc23)c(F)c(F)c1Cl. The van der Waals surface area contributed by atoms with Gasteiger partial charge < -0.3 is 0 Å². The summed E-state index contributed by atoms with van der Waals surface area (Å²) in [5.41, 5.74) is 0.476. The number of aromatic nitrogens is 1. The third kappa shape index (κ3) is 2.42. The highest BCUT2D eigenvalue weighted by Crippen LogP contribution is 2.39. The molecular formula is C15H6ClF4NS. The van der Waals surface area contributed by atoms with Gasteiger partial charge >= 0.3 is 0 Å². The van der Waals surface area contributed by atoms with E-state index in [1.165, 1.54) is 6.20 Å². The first kappa shape index (κ1) is 15.1. The van der Waals surface area contributed by atoms with Crippen LogP contribution in [-0.2, 0) is 0 Å². The average Bonchev–Trinajstić information content (AvgIpc) is 2.55. The third-order valence-corrected chi connectivity index (χ3v) is 4.42. The van der Waals surface area contributed by atoms with Crippen molar-refractivity contribution in [3.05, 3.63) is 64.8 Å². The summed E-state index contributed by atoms with van der Waals surface area (Å²) in [6, 6.07) is 8.46. The molecule has 7 heteroatoms. The highest BCUT2D eigenvalue weighted by Gasteiger charge is 2.25. The van der Waals surface area contributed by atoms with Crippen LogP contribution < -0.4 is 0 Å². The monoisotopic (exact) mass is 343 g/mol. The predicted molar refractivity (Wildman–Crippen MR) is 77.1 cm³/mol. The van der Waals surface area contributed by atoms with Crippen LogP contribution in [-0.4, -0.2) is 4.98 Å². The van der Waals surface area contributed by atoms with Gasteiger partial charge in [0.1, 0.15) is 5.02 Å². The van der Waals surface area contributed by atoms with E-state index in [1.807, 2.05) is 0 Å². The smallest absolute Gasteiger partial charge is 0.181 e. The molecule has 0 aliphatic rings. The van der Waals surface area contributed by atoms with Crippen molar-refractivity contribution in [2.24, 2.45) is 0 Å². The number of rotatable bonds is 2. The third-order valence-electron chi connectivity index (χ3n) is 2.98. The van der Waals surface area contributed by atoms with Crippen LogP contribution in [0.5, 0.6) is 0 Å². The Balaban J connectivity index is 2.18. The number of para-hydroxylation sites is 1. The molecule has 0 aliphatic heterocycles. The molecular weight excluding hydrogens is 338 g/mol. The van der Waals surface area contributed by atoms with Gasteiger partial charge in [0, 0.05) is 16.5 Å². The normalized spacial score (nSPS) is 11.1. The molecule has 0 bridgehead atoms. The largest absolute Gasteiger partial charge is 0.255 e. The molecule has 0 N–H and O–H groups in total. The van der Waals surface area contributed by atoms with Crippen LogP contribution in [0.4, 0.5) is 17.6 Å². The second kappa shape index (κ2) is 5.78. The number of pyridine rings is 1. The van der Waals surface area contributed by atoms with E-state index in [4.69, 9.17) is 11.6 Å². The Morgan fingerprint density at radius 2 is 1.50 bits per heavy atom. The molecule has 2 aromatic carbocycles. The predicted octanol–water partition coefficient (Wildman–Crippen LogP) is 5.60. The van der Waals surface area contributed by atoms with E-state index in [-0.39, 0.29) is 0 Å². The van der Waals surface area contributed by atoms with Crippen LogP contribution in [0.15, 0.2) is 46.3 Å². The Morgan fingerprint density at radius 3 is 2.18 bits per heavy atom. The molecule has 0 unspecified atom stereocenters. The van der Waals surface area contributed by atoms with E-state index in [1.54, 1.807) is 30.3 Å². The van der Waals surface area contributed by atoms with E-state index in [2.05, 4.69) is 4.98 Å². The molecule has 3 aromatic rings. The first-order chi connectivity index (χ1) is 10.5. The molecule has 0 saturated carbocycles. The van der Waals surface area contributed by atoms with Gasteiger partial charge in [0.05, 0.1) is 10.4 Å². The Kier molecular flexibility index (Phi) is 3.97. The summed E-state index contributed by atoms with van der Waals surface area (Å²) < 4.78 is 54.8. The van der Waals surface area contributed by atoms with Crippen molar-refractivity contribution >= 4 is 34.3 Å². The number of halogens is 5. The van der Waals surface area contributed by atoms with Gasteiger partial charge in [-0.2, -0.15) is 0 Å². The van der Waals surface area contributed by atoms with Crippen LogP contribution in [0.25, 0.3) is 10.9 Å². The molecule has 112 valence electrons. The van der Waals surface area contributed by atoms with Gasteiger partial charge in [-0.3, -0.25) is 4.98 Å². The van der Waals surface area contributed by atoms with E-state index in [9.17, 15) is 17.6 Å². The summed E-state index contributed by atoms with van der Waals surface area (Å²) in [5.74, 6) is -6.28. The molecule has 22 heavy (non-hydrogen) atoms. The Hall–Kier alpha value is -1.79. The number of hydrogen-bond acceptors (Lipinski definition) is 2. The molecule has 0 radical (unpaired) electrons. The topological polar surface area (TPSA) is 12.9 Å². The minimum atomic E-state index is -1.61. The molecule has 3 rings (SSSR count). The average molecular weight is 344 g/mol. The van der Waals surface area contributed by atoms with Gasteiger partial charge in [-0.05, 0) is 12.1 Å². The zero-order valence-corrected chi connectivity index (χ0v) is 12.3. The minimum absolute atomic E-state index is 0.372. The lowest BCUT2D eigenvalue weighted by atomic mass is 10.2. The molecule has 1 aromatic heterocycles. The molecule has 0 fully saturated rings. The van der Waals surface area contributed by atoms with Crippen molar-refractivity contribution in [3.63, 3.8) is 0 Å². The quantitative estimate of drug-likeness (QED) is 0.341. The second-order valence-electron chi connectivity index (χ2n) is 4.33. The van der Waals surface area contributed by atoms with E-state index in [0.717, 1.165) is 5.39 Å². The Bertz CT molecular complexity index is 851. The van der Waals surface area contributed by atoms with E-state index in [0.29, 0.717) is 22.2 Å². The molecule has 1 heterocycles. The first-order valence-electron chi connectivity index (χ1n) is 6.03. The van der Waals surface area contributed by atoms with Gasteiger partial charge in [-0.15, -0.1) is 0 Å². The second-order valence-corrected chi connectivity index (χ2v) is 5.76. The maximum atomic E-state index is 13.9. The summed E-state index contributed by atoms with van der Waals surface area (Å²) >= 11 is 5.76. The molecule has 0 spiro atoms. The molecule has 0 amide bonds. The lowest BCUT2D eigenvalue weighted by molar-refractivity contribution is 0.426. The number of fused-ring (bicyclic) bond motifs is 1. The molecule has 1 nitrogen and oxygen atoms in total. The van der Waals surface area contributed by atoms with Crippen LogP contribution >= 0.6 is 23.4 Å². The van der Waals surface area contributed by atoms with Crippen molar-refractivity contribution in [1.29, 1.82) is 0 Å². The van der Waals surface area contributed by atoms with Gasteiger partial charge in [-0.25, -0.2) is 17.6 Å². The summed E-state index contributed by atoms with van der Waals surface area (Å²) in [4.78, 5) is 3.70. The van der Waals surface area contributed by atoms with Crippen LogP contribution in [0.2, 0.25) is 5.02 Å². The van der Waals surface area contributed by atoms with Crippen LogP contribution in [0.3, 0.4) is 0 Å². The maximum absolute atomic E-state index is 13.9. The van der Waals surface area contributed by atoms with E-state index >= 15 is 0 Å². The zero-order chi connectivity index (χ0) is 15.9. The van der Waals surface area contributed by atoms with Gasteiger partial charge in [0.25, 0.3) is 0 Å². The molecule has 0 aliphatic carbocycles. The fourth-order valence-corrected chi connectivity index (χ4v) is 3.10. The summed E-state index contributed by atoms with van der Waals surface area (Å²) in [6.45, 7) is 0. The van der Waals surface area contributed by atoms with E-state index < -0.39 is 33.2 Å². The fraction of sp³-hybridized carbons (Fsp3) is 0. The maximum Gasteiger partial charge on any atom is 0.181 e. The van der Waals surface area contributed by atoms with Gasteiger partial charge in [-0.1, -0.05) is 41.6 Å². The lowest BCUT2D eigenvalue weighted by Crippen LogP contribution is -1.99. The molecule has 0 saturated heterocycles. The number of nitrogens with zero attached hydrogens (tertiary/aromatic N) is 1. The van der Waals surface area contributed by atoms with Crippen molar-refractivity contribution in [1.82, 2.24) is 4.98 Å². The zero-order valence-electron chi connectivity index (χ0n) is 10.7. The number of benzene rings is 2. The Labute approximate surface area is 131 Å². The fourth-order valence-electron chi connectivity index (χ4n) is 1.94. The van der Waals surface area contributed by atoms with Gasteiger partial charge in [0.15, 0.2) is 23.3 Å². The van der Waals surface area contributed by atoms with Crippen molar-refractivity contribution in [3.8, 4) is 0 Å². The van der Waals surface area contributed by atoms with Crippen LogP contribution in [0, 0.1) is 23.3 Å². The van der Waals surface area contributed by atoms with Crippen molar-refractivity contribution in [2.45, 2.75) is 9.79 Å². The highest BCUT2D eigenvalue weighted by atomic mass is 35.5. The summed E-state index contributed by atoms with van der Waals surface area (Å²) in [7, 11) is 0. The summed E-state index contributed by atoms with van der Waals surface area (Å²) in [6.07, 6.45) is 1.52. The van der Waals surface area contributed by atoms with Crippen molar-refractivity contribution in [2.75, 3.05) is 0 Å². The van der Waals surface area contributed by atoms with Gasteiger partial charge in [0.2, 0.25) is 0 Å². The lowest BCUT2D eigenvalue weighted by Gasteiger charge is -2.09. The first-order valence-corrected chi connectivity index (χ1v) is 7.23. The summed E-state index contributed by atoms with van der Waals surface area (Å²) in [5, 5.41) is -0.460. The minimum Gasteiger partial charge on any atom is -0.255 e. The Morgan fingerprint density at radius 1 is 0.864 bits per heavy atom. The van der Waals surface area contributed by atoms with Crippen LogP contribution in [0.1, 0.15) is 0 Å².